The minimum Gasteiger partial charge on any atom is -0.377 e. The highest BCUT2D eigenvalue weighted by Gasteiger charge is 2.30. The van der Waals surface area contributed by atoms with Crippen LogP contribution in [-0.2, 0) is 4.74 Å². The minimum atomic E-state index is -0.306. The summed E-state index contributed by atoms with van der Waals surface area (Å²) in [4.78, 5) is 27.0. The van der Waals surface area contributed by atoms with Crippen molar-refractivity contribution in [3.63, 3.8) is 0 Å². The molecule has 25 heavy (non-hydrogen) atoms. The Labute approximate surface area is 146 Å². The van der Waals surface area contributed by atoms with Gasteiger partial charge in [-0.25, -0.2) is 0 Å². The molecule has 1 atom stereocenters. The Morgan fingerprint density at radius 1 is 1.12 bits per heavy atom. The third-order valence-electron chi connectivity index (χ3n) is 4.24. The number of hydrogen-bond acceptors (Lipinski definition) is 4. The van der Waals surface area contributed by atoms with Gasteiger partial charge in [0.1, 0.15) is 0 Å². The van der Waals surface area contributed by atoms with E-state index in [1.54, 1.807) is 41.3 Å². The molecule has 1 saturated heterocycles. The second kappa shape index (κ2) is 7.73. The Balaban J connectivity index is 1.77. The van der Waals surface area contributed by atoms with Gasteiger partial charge in [0.15, 0.2) is 5.78 Å². The maximum absolute atomic E-state index is 12.8. The van der Waals surface area contributed by atoms with Crippen molar-refractivity contribution in [1.82, 2.24) is 4.90 Å². The van der Waals surface area contributed by atoms with E-state index in [1.165, 1.54) is 0 Å². The zero-order valence-corrected chi connectivity index (χ0v) is 13.7. The fraction of sp³-hybridized carbons (Fsp3) is 0.250. The van der Waals surface area contributed by atoms with Gasteiger partial charge in [-0.15, -0.1) is 0 Å². The summed E-state index contributed by atoms with van der Waals surface area (Å²) in [6, 6.07) is 17.4. The lowest BCUT2D eigenvalue weighted by atomic mass is 10.0. The van der Waals surface area contributed by atoms with Crippen LogP contribution in [0.4, 0.5) is 0 Å². The van der Waals surface area contributed by atoms with Gasteiger partial charge in [0.05, 0.1) is 30.9 Å². The van der Waals surface area contributed by atoms with Gasteiger partial charge in [-0.05, 0) is 18.2 Å². The molecule has 1 aliphatic heterocycles. The Morgan fingerprint density at radius 2 is 1.88 bits per heavy atom. The average molecular weight is 334 g/mol. The molecule has 0 aliphatic carbocycles. The molecule has 126 valence electrons. The molecule has 0 spiro atoms. The first kappa shape index (κ1) is 16.9. The summed E-state index contributed by atoms with van der Waals surface area (Å²) in [5.74, 6) is -0.189. The maximum Gasteiger partial charge on any atom is 0.254 e. The van der Waals surface area contributed by atoms with Gasteiger partial charge in [0.2, 0.25) is 0 Å². The van der Waals surface area contributed by atoms with Gasteiger partial charge in [-0.1, -0.05) is 36.4 Å². The van der Waals surface area contributed by atoms with Gasteiger partial charge in [-0.2, -0.15) is 5.26 Å². The molecular formula is C20H18N2O3. The van der Waals surface area contributed by atoms with Crippen LogP contribution >= 0.6 is 0 Å². The van der Waals surface area contributed by atoms with E-state index in [9.17, 15) is 9.59 Å². The number of ketones is 1. The van der Waals surface area contributed by atoms with Crippen LogP contribution in [0.1, 0.15) is 32.7 Å². The normalized spacial score (nSPS) is 16.9. The molecule has 0 N–H and O–H groups in total. The molecule has 1 fully saturated rings. The third-order valence-corrected chi connectivity index (χ3v) is 4.24. The number of rotatable bonds is 4. The fourth-order valence-corrected chi connectivity index (χ4v) is 2.93. The Kier molecular flexibility index (Phi) is 5.22. The number of nitrogens with zero attached hydrogens (tertiary/aromatic N) is 2. The summed E-state index contributed by atoms with van der Waals surface area (Å²) in [5.41, 5.74) is 1.53. The molecule has 1 unspecified atom stereocenters. The largest absolute Gasteiger partial charge is 0.377 e. The number of Topliss-reactive ketones (excluding diaryl/α,β-unsaturated/α-hetero) is 1. The molecule has 1 amide bonds. The Hall–Kier alpha value is -2.97. The van der Waals surface area contributed by atoms with Gasteiger partial charge in [-0.3, -0.25) is 9.59 Å². The van der Waals surface area contributed by atoms with Crippen molar-refractivity contribution in [3.05, 3.63) is 71.3 Å². The fourth-order valence-electron chi connectivity index (χ4n) is 2.93. The monoisotopic (exact) mass is 334 g/mol. The molecule has 1 aliphatic rings. The molecule has 5 heteroatoms. The molecule has 1 heterocycles. The van der Waals surface area contributed by atoms with E-state index >= 15 is 0 Å². The molecule has 0 radical (unpaired) electrons. The van der Waals surface area contributed by atoms with Crippen molar-refractivity contribution < 1.29 is 14.3 Å². The quantitative estimate of drug-likeness (QED) is 0.806. The van der Waals surface area contributed by atoms with Crippen molar-refractivity contribution >= 4 is 11.7 Å². The summed E-state index contributed by atoms with van der Waals surface area (Å²) in [5, 5.41) is 9.01. The second-order valence-corrected chi connectivity index (χ2v) is 5.91. The van der Waals surface area contributed by atoms with Crippen LogP contribution < -0.4 is 0 Å². The lowest BCUT2D eigenvalue weighted by Gasteiger charge is -2.35. The molecular weight excluding hydrogens is 316 g/mol. The molecule has 0 aromatic heterocycles. The Morgan fingerprint density at radius 3 is 2.64 bits per heavy atom. The summed E-state index contributed by atoms with van der Waals surface area (Å²) < 4.78 is 5.48. The zero-order valence-electron chi connectivity index (χ0n) is 13.7. The highest BCUT2D eigenvalue weighted by atomic mass is 16.5. The molecule has 0 bridgehead atoms. The van der Waals surface area contributed by atoms with Crippen LogP contribution in [-0.4, -0.2) is 42.4 Å². The maximum atomic E-state index is 12.8. The van der Waals surface area contributed by atoms with Crippen molar-refractivity contribution in [2.45, 2.75) is 12.5 Å². The topological polar surface area (TPSA) is 70.4 Å². The number of carbonyl (C=O) groups is 2. The number of nitriles is 1. The summed E-state index contributed by atoms with van der Waals surface area (Å²) in [6.07, 6.45) is 0.216. The van der Waals surface area contributed by atoms with Crippen molar-refractivity contribution in [2.75, 3.05) is 19.8 Å². The summed E-state index contributed by atoms with van der Waals surface area (Å²) >= 11 is 0. The SMILES string of the molecule is N#Cc1cccc(C(=O)N2CCOCC2CC(=O)c2ccccc2)c1. The number of ether oxygens (including phenoxy) is 1. The number of amides is 1. The van der Waals surface area contributed by atoms with Crippen LogP contribution in [0.15, 0.2) is 54.6 Å². The average Bonchev–Trinajstić information content (AvgIpc) is 2.68. The Bertz CT molecular complexity index is 811. The van der Waals surface area contributed by atoms with Crippen LogP contribution in [0, 0.1) is 11.3 Å². The smallest absolute Gasteiger partial charge is 0.254 e. The van der Waals surface area contributed by atoms with Crippen LogP contribution in [0.3, 0.4) is 0 Å². The van der Waals surface area contributed by atoms with E-state index in [0.29, 0.717) is 36.4 Å². The summed E-state index contributed by atoms with van der Waals surface area (Å²) in [7, 11) is 0. The molecule has 2 aromatic rings. The van der Waals surface area contributed by atoms with Crippen LogP contribution in [0.5, 0.6) is 0 Å². The number of morpholine rings is 1. The molecule has 0 saturated carbocycles. The van der Waals surface area contributed by atoms with E-state index in [0.717, 1.165) is 0 Å². The van der Waals surface area contributed by atoms with E-state index < -0.39 is 0 Å². The first-order valence-electron chi connectivity index (χ1n) is 8.16. The van der Waals surface area contributed by atoms with Crippen molar-refractivity contribution in [2.24, 2.45) is 0 Å². The predicted molar refractivity (Wildman–Crippen MR) is 92.2 cm³/mol. The number of benzene rings is 2. The lowest BCUT2D eigenvalue weighted by molar-refractivity contribution is -0.00281. The van der Waals surface area contributed by atoms with Gasteiger partial charge < -0.3 is 9.64 Å². The van der Waals surface area contributed by atoms with Gasteiger partial charge in [0, 0.05) is 24.1 Å². The first-order valence-corrected chi connectivity index (χ1v) is 8.16. The minimum absolute atomic E-state index is 0.0142. The molecule has 5 nitrogen and oxygen atoms in total. The van der Waals surface area contributed by atoms with Crippen molar-refractivity contribution in [1.29, 1.82) is 5.26 Å². The standard InChI is InChI=1S/C20H18N2O3/c21-13-15-5-4-8-17(11-15)20(24)22-9-10-25-14-18(22)12-19(23)16-6-2-1-3-7-16/h1-8,11,18H,9-10,12,14H2. The van der Waals surface area contributed by atoms with E-state index in [-0.39, 0.29) is 24.2 Å². The summed E-state index contributed by atoms with van der Waals surface area (Å²) in [6.45, 7) is 1.21. The van der Waals surface area contributed by atoms with Gasteiger partial charge >= 0.3 is 0 Å². The predicted octanol–water partition coefficient (Wildman–Crippen LogP) is 2.67. The zero-order chi connectivity index (χ0) is 17.6. The lowest BCUT2D eigenvalue weighted by Crippen LogP contribution is -2.49. The first-order chi connectivity index (χ1) is 12.2. The van der Waals surface area contributed by atoms with E-state index in [1.807, 2.05) is 24.3 Å². The van der Waals surface area contributed by atoms with E-state index in [2.05, 4.69) is 0 Å². The number of hydrogen-bond donors (Lipinski definition) is 0. The highest BCUT2D eigenvalue weighted by molar-refractivity contribution is 5.98. The van der Waals surface area contributed by atoms with Crippen LogP contribution in [0.25, 0.3) is 0 Å². The van der Waals surface area contributed by atoms with Gasteiger partial charge in [0.25, 0.3) is 5.91 Å². The second-order valence-electron chi connectivity index (χ2n) is 5.91. The third kappa shape index (κ3) is 3.93. The van der Waals surface area contributed by atoms with Crippen molar-refractivity contribution in [3.8, 4) is 6.07 Å². The highest BCUT2D eigenvalue weighted by Crippen LogP contribution is 2.18. The number of carbonyl (C=O) groups excluding carboxylic acids is 2. The van der Waals surface area contributed by atoms with E-state index in [4.69, 9.17) is 10.00 Å². The molecule has 3 rings (SSSR count). The molecule has 2 aromatic carbocycles. The van der Waals surface area contributed by atoms with Crippen LogP contribution in [0.2, 0.25) is 0 Å².